The number of carbonyl (C=O) groups is 5. The molecule has 5 atom stereocenters. The van der Waals surface area contributed by atoms with Gasteiger partial charge in [-0.25, -0.2) is 14.6 Å². The van der Waals surface area contributed by atoms with E-state index in [1.807, 2.05) is 18.2 Å². The van der Waals surface area contributed by atoms with Crippen molar-refractivity contribution in [1.29, 1.82) is 0 Å². The van der Waals surface area contributed by atoms with Gasteiger partial charge in [0.05, 0.1) is 20.1 Å². The van der Waals surface area contributed by atoms with Crippen LogP contribution in [0.5, 0.6) is 11.5 Å². The van der Waals surface area contributed by atoms with Crippen molar-refractivity contribution in [2.24, 2.45) is 11.8 Å². The number of methoxy groups -OCH3 is 2. The predicted octanol–water partition coefficient (Wildman–Crippen LogP) is 2.04. The lowest BCUT2D eigenvalue weighted by atomic mass is 9.91. The third kappa shape index (κ3) is 8.43. The summed E-state index contributed by atoms with van der Waals surface area (Å²) in [6.45, 7) is 5.60. The molecule has 1 fully saturated rings. The summed E-state index contributed by atoms with van der Waals surface area (Å²) in [5.74, 6) is -5.49. The Morgan fingerprint density at radius 1 is 1.02 bits per heavy atom. The van der Waals surface area contributed by atoms with Crippen molar-refractivity contribution in [3.63, 3.8) is 0 Å². The summed E-state index contributed by atoms with van der Waals surface area (Å²) in [5, 5.41) is 2.46. The zero-order chi connectivity index (χ0) is 31.7. The van der Waals surface area contributed by atoms with E-state index < -0.39 is 72.6 Å². The molecule has 232 valence electrons. The number of carbonyl (C=O) groups excluding carboxylic acids is 5. The van der Waals surface area contributed by atoms with Gasteiger partial charge in [0.2, 0.25) is 0 Å². The van der Waals surface area contributed by atoms with Crippen LogP contribution in [0.25, 0.3) is 0 Å². The normalized spacial score (nSPS) is 21.2. The van der Waals surface area contributed by atoms with Gasteiger partial charge in [-0.1, -0.05) is 44.2 Å². The van der Waals surface area contributed by atoms with Crippen molar-refractivity contribution in [2.75, 3.05) is 20.8 Å². The number of amides is 1. The fourth-order valence-electron chi connectivity index (χ4n) is 4.23. The molecule has 2 aromatic rings. The van der Waals surface area contributed by atoms with E-state index in [1.54, 1.807) is 26.0 Å². The predicted molar refractivity (Wildman–Crippen MR) is 149 cm³/mol. The number of ether oxygens (including phenoxy) is 6. The van der Waals surface area contributed by atoms with Gasteiger partial charge in [0.1, 0.15) is 18.6 Å². The van der Waals surface area contributed by atoms with Crippen LogP contribution in [0.3, 0.4) is 0 Å². The molecule has 2 heterocycles. The van der Waals surface area contributed by atoms with Crippen LogP contribution in [0, 0.1) is 11.8 Å². The van der Waals surface area contributed by atoms with Crippen LogP contribution in [-0.4, -0.2) is 79.9 Å². The molecule has 0 spiro atoms. The van der Waals surface area contributed by atoms with Crippen molar-refractivity contribution in [3.8, 4) is 11.5 Å². The Bertz CT molecular complexity index is 1310. The van der Waals surface area contributed by atoms with E-state index in [1.165, 1.54) is 40.3 Å². The Morgan fingerprint density at radius 2 is 1.72 bits per heavy atom. The van der Waals surface area contributed by atoms with Gasteiger partial charge in [-0.3, -0.25) is 14.4 Å². The molecule has 0 saturated carbocycles. The maximum atomic E-state index is 13.4. The number of rotatable bonds is 10. The van der Waals surface area contributed by atoms with Gasteiger partial charge in [-0.2, -0.15) is 0 Å². The molecule has 0 aliphatic carbocycles. The van der Waals surface area contributed by atoms with Crippen molar-refractivity contribution in [2.45, 2.75) is 58.5 Å². The number of cyclic esters (lactones) is 2. The lowest BCUT2D eigenvalue weighted by Gasteiger charge is -2.29. The van der Waals surface area contributed by atoms with Gasteiger partial charge in [0.15, 0.2) is 35.4 Å². The maximum Gasteiger partial charge on any atom is 0.346 e. The molecular formula is C30H36N2O11. The van der Waals surface area contributed by atoms with Crippen LogP contribution < -0.4 is 14.8 Å². The number of hydrogen-bond acceptors (Lipinski definition) is 12. The molecule has 13 heteroatoms. The minimum absolute atomic E-state index is 0.0894. The molecule has 43 heavy (non-hydrogen) atoms. The summed E-state index contributed by atoms with van der Waals surface area (Å²) in [6, 6.07) is 9.00. The Kier molecular flexibility index (Phi) is 11.4. The molecule has 13 nitrogen and oxygen atoms in total. The fraction of sp³-hybridized carbons (Fsp3) is 0.467. The van der Waals surface area contributed by atoms with Gasteiger partial charge >= 0.3 is 23.9 Å². The molecule has 1 aromatic carbocycles. The number of pyridine rings is 1. The Morgan fingerprint density at radius 3 is 2.35 bits per heavy atom. The highest BCUT2D eigenvalue weighted by Gasteiger charge is 2.42. The zero-order valence-electron chi connectivity index (χ0n) is 24.9. The summed E-state index contributed by atoms with van der Waals surface area (Å²) in [4.78, 5) is 68.6. The van der Waals surface area contributed by atoms with E-state index in [0.29, 0.717) is 0 Å². The molecule has 1 aliphatic heterocycles. The average molecular weight is 601 g/mol. The first-order chi connectivity index (χ1) is 20.5. The lowest BCUT2D eigenvalue weighted by Crippen LogP contribution is -2.47. The van der Waals surface area contributed by atoms with Gasteiger partial charge < -0.3 is 33.7 Å². The topological polar surface area (TPSA) is 166 Å². The second kappa shape index (κ2) is 15.0. The van der Waals surface area contributed by atoms with Crippen LogP contribution >= 0.6 is 0 Å². The van der Waals surface area contributed by atoms with Gasteiger partial charge in [-0.05, 0) is 25.8 Å². The van der Waals surface area contributed by atoms with Crippen LogP contribution in [0.2, 0.25) is 0 Å². The highest BCUT2D eigenvalue weighted by molar-refractivity contribution is 5.98. The summed E-state index contributed by atoms with van der Waals surface area (Å²) in [6.07, 6.45) is -1.96. The van der Waals surface area contributed by atoms with E-state index in [-0.39, 0.29) is 23.6 Å². The smallest absolute Gasteiger partial charge is 0.346 e. The summed E-state index contributed by atoms with van der Waals surface area (Å²) >= 11 is 0. The Hall–Kier alpha value is -4.68. The number of nitrogens with zero attached hydrogens (tertiary/aromatic N) is 1. The lowest BCUT2D eigenvalue weighted by molar-refractivity contribution is -0.176. The van der Waals surface area contributed by atoms with Crippen molar-refractivity contribution in [1.82, 2.24) is 10.3 Å². The molecule has 1 aromatic heterocycles. The van der Waals surface area contributed by atoms with Crippen LogP contribution in [-0.2, 0) is 44.5 Å². The van der Waals surface area contributed by atoms with Crippen LogP contribution in [0.4, 0.5) is 0 Å². The number of aromatic nitrogens is 1. The first-order valence-electron chi connectivity index (χ1n) is 13.7. The first kappa shape index (κ1) is 32.8. The van der Waals surface area contributed by atoms with E-state index in [2.05, 4.69) is 15.0 Å². The monoisotopic (exact) mass is 600 g/mol. The zero-order valence-corrected chi connectivity index (χ0v) is 24.9. The molecule has 1 unspecified atom stereocenters. The largest absolute Gasteiger partial charge is 0.493 e. The third-order valence-corrected chi connectivity index (χ3v) is 6.60. The minimum atomic E-state index is -1.46. The molecule has 1 aliphatic rings. The second-order valence-electron chi connectivity index (χ2n) is 10.1. The van der Waals surface area contributed by atoms with E-state index in [4.69, 9.17) is 23.7 Å². The molecule has 0 bridgehead atoms. The average Bonchev–Trinajstić information content (AvgIpc) is 3.03. The summed E-state index contributed by atoms with van der Waals surface area (Å²) in [7, 11) is 2.51. The maximum absolute atomic E-state index is 13.4. The number of esters is 4. The van der Waals surface area contributed by atoms with Crippen LogP contribution in [0.15, 0.2) is 42.6 Å². The van der Waals surface area contributed by atoms with Gasteiger partial charge in [0, 0.05) is 12.3 Å². The Labute approximate surface area is 249 Å². The summed E-state index contributed by atoms with van der Waals surface area (Å²) in [5.41, 5.74) is 0.461. The number of nitrogens with one attached hydrogen (secondary N) is 1. The second-order valence-corrected chi connectivity index (χ2v) is 10.1. The van der Waals surface area contributed by atoms with Crippen molar-refractivity contribution < 1.29 is 52.4 Å². The van der Waals surface area contributed by atoms with E-state index >= 15 is 0 Å². The third-order valence-electron chi connectivity index (χ3n) is 6.60. The Balaban J connectivity index is 1.90. The van der Waals surface area contributed by atoms with Crippen LogP contribution in [0.1, 0.15) is 43.7 Å². The quantitative estimate of drug-likeness (QED) is 0.312. The summed E-state index contributed by atoms with van der Waals surface area (Å²) < 4.78 is 32.3. The minimum Gasteiger partial charge on any atom is -0.493 e. The van der Waals surface area contributed by atoms with Gasteiger partial charge in [-0.15, -0.1) is 0 Å². The molecule has 3 rings (SSSR count). The standard InChI is InChI=1S/C30H36N2O11/c1-16(2)27(34)43-24-17(3)42-30(37)21(15-40-29(36)20(24)14-19-10-8-7-9-11-19)32-26(33)23-25(22(38-5)12-13-31-23)41-18(4)28(35)39-6/h7-13,16-18,20-21,24H,14-15H2,1-6H3,(H,32,33)/t17-,18?,20+,21-,24-/m0/s1. The van der Waals surface area contributed by atoms with Crippen molar-refractivity contribution >= 4 is 29.8 Å². The van der Waals surface area contributed by atoms with E-state index in [9.17, 15) is 24.0 Å². The molecular weight excluding hydrogens is 564 g/mol. The molecule has 0 radical (unpaired) electrons. The molecule has 1 saturated heterocycles. The SMILES string of the molecule is COC(=O)C(C)Oc1c(OC)ccnc1C(=O)N[C@H]1COC(=O)[C@H](Cc2ccccc2)[C@@H](OC(=O)C(C)C)[C@H](C)OC1=O. The first-order valence-corrected chi connectivity index (χ1v) is 13.7. The molecule has 1 N–H and O–H groups in total. The highest BCUT2D eigenvalue weighted by Crippen LogP contribution is 2.31. The van der Waals surface area contributed by atoms with Crippen molar-refractivity contribution in [3.05, 3.63) is 53.9 Å². The number of benzene rings is 1. The highest BCUT2D eigenvalue weighted by atomic mass is 16.6. The fourth-order valence-corrected chi connectivity index (χ4v) is 4.23. The van der Waals surface area contributed by atoms with E-state index in [0.717, 1.165) is 5.56 Å². The number of hydrogen-bond donors (Lipinski definition) is 1. The molecule has 1 amide bonds. The van der Waals surface area contributed by atoms with Gasteiger partial charge in [0.25, 0.3) is 5.91 Å².